The van der Waals surface area contributed by atoms with Gasteiger partial charge in [0.2, 0.25) is 0 Å². The first kappa shape index (κ1) is 14.9. The minimum Gasteiger partial charge on any atom is -0.491 e. The van der Waals surface area contributed by atoms with Crippen LogP contribution in [0.25, 0.3) is 0 Å². The zero-order valence-corrected chi connectivity index (χ0v) is 11.1. The van der Waals surface area contributed by atoms with Crippen molar-refractivity contribution in [1.29, 1.82) is 0 Å². The van der Waals surface area contributed by atoms with Crippen molar-refractivity contribution in [3.8, 4) is 5.75 Å². The van der Waals surface area contributed by atoms with E-state index in [0.717, 1.165) is 13.0 Å². The van der Waals surface area contributed by atoms with E-state index in [0.29, 0.717) is 31.6 Å². The fourth-order valence-corrected chi connectivity index (χ4v) is 1.37. The molecule has 0 bridgehead atoms. The van der Waals surface area contributed by atoms with E-state index in [1.54, 1.807) is 12.1 Å². The van der Waals surface area contributed by atoms with Crippen LogP contribution in [0.4, 0.5) is 4.39 Å². The molecule has 0 spiro atoms. The highest BCUT2D eigenvalue weighted by molar-refractivity contribution is 5.21. The summed E-state index contributed by atoms with van der Waals surface area (Å²) in [6, 6.07) is 6.52. The van der Waals surface area contributed by atoms with Gasteiger partial charge in [-0.25, -0.2) is 4.39 Å². The molecule has 0 fully saturated rings. The summed E-state index contributed by atoms with van der Waals surface area (Å²) in [5.74, 6) is 0.410. The van der Waals surface area contributed by atoms with E-state index in [1.807, 2.05) is 0 Å². The molecule has 0 saturated carbocycles. The highest BCUT2D eigenvalue weighted by Crippen LogP contribution is 2.10. The van der Waals surface area contributed by atoms with Crippen molar-refractivity contribution in [2.75, 3.05) is 26.4 Å². The predicted molar refractivity (Wildman–Crippen MR) is 70.5 cm³/mol. The van der Waals surface area contributed by atoms with Crippen LogP contribution < -0.4 is 10.1 Å². The molecule has 0 aliphatic heterocycles. The number of ether oxygens (including phenoxy) is 2. The number of nitrogens with one attached hydrogen (secondary N) is 1. The number of rotatable bonds is 9. The average molecular weight is 255 g/mol. The second-order valence-corrected chi connectivity index (χ2v) is 4.18. The lowest BCUT2D eigenvalue weighted by Crippen LogP contribution is -2.29. The monoisotopic (exact) mass is 255 g/mol. The van der Waals surface area contributed by atoms with Gasteiger partial charge in [0.15, 0.2) is 0 Å². The van der Waals surface area contributed by atoms with E-state index >= 15 is 0 Å². The minimum atomic E-state index is -0.255. The lowest BCUT2D eigenvalue weighted by molar-refractivity contribution is 0.100. The standard InChI is InChI=1S/C14H22FNO2/c1-3-12(2)16-8-9-17-10-11-18-14-6-4-13(15)5-7-14/h4-7,12,16H,3,8-11H2,1-2H3/t12-/m0/s1. The predicted octanol–water partition coefficient (Wildman–Crippen LogP) is 2.61. The van der Waals surface area contributed by atoms with Crippen LogP contribution in [0.1, 0.15) is 20.3 Å². The van der Waals surface area contributed by atoms with Crippen LogP contribution in [0, 0.1) is 5.82 Å². The Labute approximate surface area is 108 Å². The maximum Gasteiger partial charge on any atom is 0.123 e. The number of hydrogen-bond acceptors (Lipinski definition) is 3. The smallest absolute Gasteiger partial charge is 0.123 e. The molecule has 0 radical (unpaired) electrons. The molecule has 0 amide bonds. The van der Waals surface area contributed by atoms with Crippen molar-refractivity contribution in [2.45, 2.75) is 26.3 Å². The van der Waals surface area contributed by atoms with Crippen LogP contribution in [0.15, 0.2) is 24.3 Å². The first-order valence-corrected chi connectivity index (χ1v) is 6.42. The Bertz CT molecular complexity index is 316. The van der Waals surface area contributed by atoms with E-state index in [9.17, 15) is 4.39 Å². The summed E-state index contributed by atoms with van der Waals surface area (Å²) < 4.78 is 23.4. The van der Waals surface area contributed by atoms with Gasteiger partial charge >= 0.3 is 0 Å². The van der Waals surface area contributed by atoms with Crippen LogP contribution >= 0.6 is 0 Å². The highest BCUT2D eigenvalue weighted by atomic mass is 19.1. The van der Waals surface area contributed by atoms with Gasteiger partial charge in [0.1, 0.15) is 18.2 Å². The Morgan fingerprint density at radius 3 is 2.56 bits per heavy atom. The lowest BCUT2D eigenvalue weighted by Gasteiger charge is -2.11. The van der Waals surface area contributed by atoms with Crippen molar-refractivity contribution >= 4 is 0 Å². The average Bonchev–Trinajstić information content (AvgIpc) is 2.39. The van der Waals surface area contributed by atoms with Crippen LogP contribution in [-0.4, -0.2) is 32.4 Å². The van der Waals surface area contributed by atoms with Crippen molar-refractivity contribution < 1.29 is 13.9 Å². The molecule has 0 aliphatic carbocycles. The zero-order chi connectivity index (χ0) is 13.2. The van der Waals surface area contributed by atoms with Crippen LogP contribution in [0.5, 0.6) is 5.75 Å². The van der Waals surface area contributed by atoms with E-state index in [2.05, 4.69) is 19.2 Å². The summed E-state index contributed by atoms with van der Waals surface area (Å²) in [4.78, 5) is 0. The van der Waals surface area contributed by atoms with Crippen molar-refractivity contribution in [3.63, 3.8) is 0 Å². The molecule has 0 unspecified atom stereocenters. The molecule has 0 aromatic heterocycles. The van der Waals surface area contributed by atoms with Gasteiger partial charge in [-0.15, -0.1) is 0 Å². The third kappa shape index (κ3) is 6.57. The molecule has 0 saturated heterocycles. The van der Waals surface area contributed by atoms with Crippen molar-refractivity contribution in [3.05, 3.63) is 30.1 Å². The quantitative estimate of drug-likeness (QED) is 0.688. The summed E-state index contributed by atoms with van der Waals surface area (Å²) in [7, 11) is 0. The van der Waals surface area contributed by atoms with E-state index in [1.165, 1.54) is 12.1 Å². The Hall–Kier alpha value is -1.13. The van der Waals surface area contributed by atoms with Gasteiger partial charge in [-0.2, -0.15) is 0 Å². The maximum atomic E-state index is 12.6. The molecule has 0 aliphatic rings. The molecule has 4 heteroatoms. The normalized spacial score (nSPS) is 12.4. The fraction of sp³-hybridized carbons (Fsp3) is 0.571. The van der Waals surface area contributed by atoms with E-state index in [-0.39, 0.29) is 5.82 Å². The third-order valence-electron chi connectivity index (χ3n) is 2.66. The number of hydrogen-bond donors (Lipinski definition) is 1. The molecule has 1 N–H and O–H groups in total. The fourth-order valence-electron chi connectivity index (χ4n) is 1.37. The molecule has 1 aromatic rings. The molecule has 1 rings (SSSR count). The van der Waals surface area contributed by atoms with Gasteiger partial charge in [-0.1, -0.05) is 6.92 Å². The van der Waals surface area contributed by atoms with Crippen molar-refractivity contribution in [1.82, 2.24) is 5.32 Å². The molecule has 0 heterocycles. The minimum absolute atomic E-state index is 0.255. The second kappa shape index (κ2) is 8.89. The SMILES string of the molecule is CC[C@H](C)NCCOCCOc1ccc(F)cc1. The molecular weight excluding hydrogens is 233 g/mol. The van der Waals surface area contributed by atoms with Crippen LogP contribution in [-0.2, 0) is 4.74 Å². The Morgan fingerprint density at radius 2 is 1.89 bits per heavy atom. The largest absolute Gasteiger partial charge is 0.491 e. The Morgan fingerprint density at radius 1 is 1.17 bits per heavy atom. The zero-order valence-electron chi connectivity index (χ0n) is 11.1. The van der Waals surface area contributed by atoms with Gasteiger partial charge in [0.05, 0.1) is 13.2 Å². The van der Waals surface area contributed by atoms with Gasteiger partial charge in [-0.3, -0.25) is 0 Å². The number of halogens is 1. The summed E-state index contributed by atoms with van der Waals surface area (Å²) in [6.45, 7) is 6.85. The summed E-state index contributed by atoms with van der Waals surface area (Å²) in [5, 5.41) is 3.34. The number of benzene rings is 1. The summed E-state index contributed by atoms with van der Waals surface area (Å²) in [5.41, 5.74) is 0. The maximum absolute atomic E-state index is 12.6. The van der Waals surface area contributed by atoms with E-state index in [4.69, 9.17) is 9.47 Å². The Kier molecular flexibility index (Phi) is 7.37. The first-order chi connectivity index (χ1) is 8.72. The molecule has 1 atom stereocenters. The summed E-state index contributed by atoms with van der Waals surface area (Å²) >= 11 is 0. The summed E-state index contributed by atoms with van der Waals surface area (Å²) in [6.07, 6.45) is 1.12. The highest BCUT2D eigenvalue weighted by Gasteiger charge is 1.97. The van der Waals surface area contributed by atoms with Gasteiger partial charge in [0, 0.05) is 12.6 Å². The topological polar surface area (TPSA) is 30.5 Å². The molecule has 102 valence electrons. The molecule has 3 nitrogen and oxygen atoms in total. The molecule has 18 heavy (non-hydrogen) atoms. The molecular formula is C14H22FNO2. The molecule has 1 aromatic carbocycles. The third-order valence-corrected chi connectivity index (χ3v) is 2.66. The van der Waals surface area contributed by atoms with Gasteiger partial charge in [0.25, 0.3) is 0 Å². The van der Waals surface area contributed by atoms with Gasteiger partial charge < -0.3 is 14.8 Å². The first-order valence-electron chi connectivity index (χ1n) is 6.42. The lowest BCUT2D eigenvalue weighted by atomic mass is 10.3. The van der Waals surface area contributed by atoms with Crippen LogP contribution in [0.2, 0.25) is 0 Å². The van der Waals surface area contributed by atoms with Crippen molar-refractivity contribution in [2.24, 2.45) is 0 Å². The second-order valence-electron chi connectivity index (χ2n) is 4.18. The van der Waals surface area contributed by atoms with E-state index < -0.39 is 0 Å². The van der Waals surface area contributed by atoms with Crippen LogP contribution in [0.3, 0.4) is 0 Å². The Balaban J connectivity index is 1.97. The van der Waals surface area contributed by atoms with Gasteiger partial charge in [-0.05, 0) is 37.6 Å².